The summed E-state index contributed by atoms with van der Waals surface area (Å²) in [6.07, 6.45) is 0. The van der Waals surface area contributed by atoms with Crippen LogP contribution in [0.1, 0.15) is 25.3 Å². The average molecular weight is 275 g/mol. The van der Waals surface area contributed by atoms with Gasteiger partial charge in [-0.25, -0.2) is 0 Å². The summed E-state index contributed by atoms with van der Waals surface area (Å²) < 4.78 is 11.0. The molecule has 0 saturated carbocycles. The van der Waals surface area contributed by atoms with Gasteiger partial charge in [0, 0.05) is 5.56 Å². The molecule has 0 spiro atoms. The first kappa shape index (κ1) is 12.2. The molecule has 0 unspecified atom stereocenters. The molecule has 15 heavy (non-hydrogen) atoms. The average Bonchev–Trinajstić information content (AvgIpc) is 2.17. The van der Waals surface area contributed by atoms with Crippen LogP contribution < -0.4 is 9.47 Å². The SMILES string of the molecule is COc1c(O)cc(C(C)C)c(OC)c1Br. The summed E-state index contributed by atoms with van der Waals surface area (Å²) in [5.41, 5.74) is 0.947. The first-order valence-electron chi connectivity index (χ1n) is 4.66. The predicted octanol–water partition coefficient (Wildman–Crippen LogP) is 3.30. The van der Waals surface area contributed by atoms with Crippen molar-refractivity contribution in [3.8, 4) is 17.2 Å². The van der Waals surface area contributed by atoms with Crippen LogP contribution in [0.5, 0.6) is 17.2 Å². The zero-order chi connectivity index (χ0) is 11.6. The number of benzene rings is 1. The fourth-order valence-electron chi connectivity index (χ4n) is 1.45. The molecule has 3 nitrogen and oxygen atoms in total. The first-order valence-corrected chi connectivity index (χ1v) is 5.45. The topological polar surface area (TPSA) is 38.7 Å². The molecule has 0 amide bonds. The van der Waals surface area contributed by atoms with Crippen molar-refractivity contribution < 1.29 is 14.6 Å². The zero-order valence-corrected chi connectivity index (χ0v) is 10.9. The largest absolute Gasteiger partial charge is 0.504 e. The van der Waals surface area contributed by atoms with Gasteiger partial charge < -0.3 is 14.6 Å². The van der Waals surface area contributed by atoms with Crippen molar-refractivity contribution in [1.82, 2.24) is 0 Å². The van der Waals surface area contributed by atoms with Gasteiger partial charge in [-0.15, -0.1) is 0 Å². The Hall–Kier alpha value is -0.900. The highest BCUT2D eigenvalue weighted by Gasteiger charge is 2.18. The van der Waals surface area contributed by atoms with E-state index in [1.807, 2.05) is 13.8 Å². The number of phenols is 1. The Labute approximate surface area is 98.1 Å². The lowest BCUT2D eigenvalue weighted by atomic mass is 10.0. The number of phenolic OH excluding ortho intramolecular Hbond substituents is 1. The molecule has 0 aliphatic rings. The quantitative estimate of drug-likeness (QED) is 0.919. The molecule has 0 bridgehead atoms. The minimum Gasteiger partial charge on any atom is -0.504 e. The molecular weight excluding hydrogens is 260 g/mol. The Morgan fingerprint density at radius 2 is 1.73 bits per heavy atom. The van der Waals surface area contributed by atoms with Crippen molar-refractivity contribution in [1.29, 1.82) is 0 Å². The van der Waals surface area contributed by atoms with E-state index in [0.717, 1.165) is 5.56 Å². The van der Waals surface area contributed by atoms with Crippen LogP contribution in [-0.2, 0) is 0 Å². The molecule has 0 atom stereocenters. The lowest BCUT2D eigenvalue weighted by molar-refractivity contribution is 0.357. The van der Waals surface area contributed by atoms with E-state index < -0.39 is 0 Å². The lowest BCUT2D eigenvalue weighted by Crippen LogP contribution is -1.97. The van der Waals surface area contributed by atoms with Crippen molar-refractivity contribution in [3.05, 3.63) is 16.1 Å². The third-order valence-electron chi connectivity index (χ3n) is 2.22. The zero-order valence-electron chi connectivity index (χ0n) is 9.30. The molecule has 1 aromatic carbocycles. The second kappa shape index (κ2) is 4.75. The molecule has 1 aromatic rings. The summed E-state index contributed by atoms with van der Waals surface area (Å²) in [7, 11) is 3.11. The number of methoxy groups -OCH3 is 2. The maximum atomic E-state index is 9.73. The maximum Gasteiger partial charge on any atom is 0.178 e. The molecule has 0 aliphatic heterocycles. The Balaban J connectivity index is 3.44. The summed E-state index contributed by atoms with van der Waals surface area (Å²) in [5, 5.41) is 9.73. The number of rotatable bonds is 3. The Kier molecular flexibility index (Phi) is 3.85. The van der Waals surface area contributed by atoms with Gasteiger partial charge in [0.1, 0.15) is 10.2 Å². The van der Waals surface area contributed by atoms with Crippen molar-refractivity contribution in [3.63, 3.8) is 0 Å². The van der Waals surface area contributed by atoms with Crippen molar-refractivity contribution in [2.24, 2.45) is 0 Å². The maximum absolute atomic E-state index is 9.73. The van der Waals surface area contributed by atoms with E-state index in [0.29, 0.717) is 16.0 Å². The van der Waals surface area contributed by atoms with Gasteiger partial charge in [-0.3, -0.25) is 0 Å². The molecule has 0 heterocycles. The van der Waals surface area contributed by atoms with Gasteiger partial charge in [0.05, 0.1) is 14.2 Å². The van der Waals surface area contributed by atoms with Crippen LogP contribution in [0.3, 0.4) is 0 Å². The monoisotopic (exact) mass is 274 g/mol. The van der Waals surface area contributed by atoms with Crippen molar-refractivity contribution >= 4 is 15.9 Å². The predicted molar refractivity (Wildman–Crippen MR) is 63.0 cm³/mol. The standard InChI is InChI=1S/C11H15BrO3/c1-6(2)7-5-8(13)11(15-4)9(12)10(7)14-3/h5-6,13H,1-4H3. The minimum atomic E-state index is 0.119. The molecular formula is C11H15BrO3. The van der Waals surface area contributed by atoms with Crippen molar-refractivity contribution in [2.45, 2.75) is 19.8 Å². The van der Waals surface area contributed by atoms with Crippen LogP contribution in [0.25, 0.3) is 0 Å². The Morgan fingerprint density at radius 1 is 1.20 bits per heavy atom. The van der Waals surface area contributed by atoms with Crippen LogP contribution >= 0.6 is 15.9 Å². The second-order valence-electron chi connectivity index (χ2n) is 3.52. The fourth-order valence-corrected chi connectivity index (χ4v) is 2.21. The normalized spacial score (nSPS) is 10.5. The van der Waals surface area contributed by atoms with E-state index in [9.17, 15) is 5.11 Å². The van der Waals surface area contributed by atoms with Gasteiger partial charge in [0.2, 0.25) is 0 Å². The third-order valence-corrected chi connectivity index (χ3v) is 2.94. The summed E-state index contributed by atoms with van der Waals surface area (Å²) in [5.74, 6) is 1.50. The highest BCUT2D eigenvalue weighted by molar-refractivity contribution is 9.10. The van der Waals surface area contributed by atoms with Gasteiger partial charge >= 0.3 is 0 Å². The summed E-state index contributed by atoms with van der Waals surface area (Å²) in [6.45, 7) is 4.08. The summed E-state index contributed by atoms with van der Waals surface area (Å²) in [4.78, 5) is 0. The smallest absolute Gasteiger partial charge is 0.178 e. The molecule has 0 saturated heterocycles. The number of ether oxygens (including phenoxy) is 2. The molecule has 84 valence electrons. The number of hydrogen-bond donors (Lipinski definition) is 1. The van der Waals surface area contributed by atoms with Gasteiger partial charge in [-0.1, -0.05) is 13.8 Å². The minimum absolute atomic E-state index is 0.119. The van der Waals surface area contributed by atoms with Crippen LogP contribution in [0, 0.1) is 0 Å². The Bertz CT molecular complexity index is 361. The third kappa shape index (κ3) is 2.20. The molecule has 0 fully saturated rings. The highest BCUT2D eigenvalue weighted by Crippen LogP contribution is 2.45. The first-order chi connectivity index (χ1) is 7.02. The number of aromatic hydroxyl groups is 1. The number of halogens is 1. The van der Waals surface area contributed by atoms with Gasteiger partial charge in [0.15, 0.2) is 11.5 Å². The van der Waals surface area contributed by atoms with E-state index in [-0.39, 0.29) is 11.7 Å². The van der Waals surface area contributed by atoms with Crippen LogP contribution in [-0.4, -0.2) is 19.3 Å². The van der Waals surface area contributed by atoms with E-state index in [4.69, 9.17) is 9.47 Å². The molecule has 4 heteroatoms. The second-order valence-corrected chi connectivity index (χ2v) is 4.31. The van der Waals surface area contributed by atoms with Gasteiger partial charge in [0.25, 0.3) is 0 Å². The molecule has 0 aromatic heterocycles. The molecule has 1 N–H and O–H groups in total. The van der Waals surface area contributed by atoms with E-state index in [1.54, 1.807) is 13.2 Å². The molecule has 0 radical (unpaired) electrons. The van der Waals surface area contributed by atoms with Crippen molar-refractivity contribution in [2.75, 3.05) is 14.2 Å². The lowest BCUT2D eigenvalue weighted by Gasteiger charge is -2.16. The van der Waals surface area contributed by atoms with Gasteiger partial charge in [-0.05, 0) is 27.9 Å². The molecule has 1 rings (SSSR count). The highest BCUT2D eigenvalue weighted by atomic mass is 79.9. The van der Waals surface area contributed by atoms with E-state index >= 15 is 0 Å². The van der Waals surface area contributed by atoms with E-state index in [2.05, 4.69) is 15.9 Å². The van der Waals surface area contributed by atoms with E-state index in [1.165, 1.54) is 7.11 Å². The molecule has 0 aliphatic carbocycles. The van der Waals surface area contributed by atoms with Crippen LogP contribution in [0.4, 0.5) is 0 Å². The summed E-state index contributed by atoms with van der Waals surface area (Å²) >= 11 is 3.36. The summed E-state index contributed by atoms with van der Waals surface area (Å²) in [6, 6.07) is 1.67. The Morgan fingerprint density at radius 3 is 2.13 bits per heavy atom. The van der Waals surface area contributed by atoms with Crippen LogP contribution in [0.15, 0.2) is 10.5 Å². The van der Waals surface area contributed by atoms with Gasteiger partial charge in [-0.2, -0.15) is 0 Å². The number of hydrogen-bond acceptors (Lipinski definition) is 3. The van der Waals surface area contributed by atoms with Crippen LogP contribution in [0.2, 0.25) is 0 Å². The fraction of sp³-hybridized carbons (Fsp3) is 0.455.